The summed E-state index contributed by atoms with van der Waals surface area (Å²) in [7, 11) is 0. The number of aromatic amines is 1. The molecular weight excluding hydrogens is 138 g/mol. The molecule has 0 fully saturated rings. The Morgan fingerprint density at radius 3 is 2.73 bits per heavy atom. The molecule has 2 rings (SSSR count). The van der Waals surface area contributed by atoms with Crippen molar-refractivity contribution in [1.29, 1.82) is 0 Å². The molecule has 0 amide bonds. The first-order chi connectivity index (χ1) is 5.29. The molecule has 0 bridgehead atoms. The second kappa shape index (κ2) is 2.02. The highest BCUT2D eigenvalue weighted by Gasteiger charge is 2.03. The minimum atomic E-state index is 0.159. The van der Waals surface area contributed by atoms with E-state index in [0.29, 0.717) is 5.56 Å². The number of para-hydroxylation sites is 1. The molecule has 0 spiro atoms. The smallest absolute Gasteiger partial charge is 0.192 e. The Bertz CT molecular complexity index is 389. The summed E-state index contributed by atoms with van der Waals surface area (Å²) < 4.78 is 0. The van der Waals surface area contributed by atoms with Crippen LogP contribution in [0.1, 0.15) is 5.56 Å². The number of aromatic hydroxyl groups is 1. The summed E-state index contributed by atoms with van der Waals surface area (Å²) in [5.74, 6) is 0.159. The average molecular weight is 146 g/mol. The summed E-state index contributed by atoms with van der Waals surface area (Å²) in [6.45, 7) is 3.73. The van der Waals surface area contributed by atoms with Crippen molar-refractivity contribution in [3.05, 3.63) is 36.8 Å². The predicted octanol–water partition coefficient (Wildman–Crippen LogP) is 2.06. The van der Waals surface area contributed by atoms with Crippen LogP contribution in [0.3, 0.4) is 0 Å². The fourth-order valence-electron chi connectivity index (χ4n) is 1.19. The molecule has 1 aromatic heterocycles. The fraction of sp³-hybridized carbons (Fsp3) is 0. The molecular formula is C9H8NO. The number of aromatic nitrogens is 1. The van der Waals surface area contributed by atoms with Crippen molar-refractivity contribution in [2.24, 2.45) is 0 Å². The third-order valence-electron chi connectivity index (χ3n) is 1.79. The van der Waals surface area contributed by atoms with Crippen LogP contribution in [0.2, 0.25) is 0 Å². The van der Waals surface area contributed by atoms with E-state index in [1.54, 1.807) is 0 Å². The Balaban J connectivity index is 2.92. The van der Waals surface area contributed by atoms with Gasteiger partial charge in [0.25, 0.3) is 0 Å². The molecule has 0 aliphatic heterocycles. The van der Waals surface area contributed by atoms with Gasteiger partial charge in [0.2, 0.25) is 0 Å². The van der Waals surface area contributed by atoms with Crippen LogP contribution in [0.4, 0.5) is 0 Å². The quantitative estimate of drug-likeness (QED) is 0.586. The van der Waals surface area contributed by atoms with E-state index in [1.807, 2.05) is 24.3 Å². The van der Waals surface area contributed by atoms with Crippen molar-refractivity contribution < 1.29 is 5.11 Å². The zero-order chi connectivity index (χ0) is 7.84. The van der Waals surface area contributed by atoms with E-state index in [2.05, 4.69) is 11.9 Å². The molecule has 55 valence electrons. The Labute approximate surface area is 64.5 Å². The van der Waals surface area contributed by atoms with E-state index < -0.39 is 0 Å². The van der Waals surface area contributed by atoms with Gasteiger partial charge in [-0.05, 0) is 13.0 Å². The first kappa shape index (κ1) is 6.28. The van der Waals surface area contributed by atoms with Crippen molar-refractivity contribution >= 4 is 10.9 Å². The summed E-state index contributed by atoms with van der Waals surface area (Å²) in [5.41, 5.74) is 1.59. The van der Waals surface area contributed by atoms with E-state index in [1.165, 1.54) is 0 Å². The van der Waals surface area contributed by atoms with Crippen LogP contribution < -0.4 is 0 Å². The SMILES string of the molecule is [CH2]c1c(O)[nH]c2ccccc12. The van der Waals surface area contributed by atoms with Gasteiger partial charge in [-0.3, -0.25) is 0 Å². The van der Waals surface area contributed by atoms with Crippen LogP contribution in [-0.4, -0.2) is 10.1 Å². The van der Waals surface area contributed by atoms with Gasteiger partial charge in [0, 0.05) is 16.5 Å². The number of rotatable bonds is 0. The zero-order valence-corrected chi connectivity index (χ0v) is 5.96. The summed E-state index contributed by atoms with van der Waals surface area (Å²) in [4.78, 5) is 2.82. The number of nitrogens with one attached hydrogen (secondary N) is 1. The molecule has 0 atom stereocenters. The topological polar surface area (TPSA) is 36.0 Å². The van der Waals surface area contributed by atoms with Crippen LogP contribution in [0, 0.1) is 6.92 Å². The van der Waals surface area contributed by atoms with Gasteiger partial charge in [-0.2, -0.15) is 0 Å². The molecule has 2 aromatic rings. The fourth-order valence-corrected chi connectivity index (χ4v) is 1.19. The highest BCUT2D eigenvalue weighted by molar-refractivity contribution is 5.86. The standard InChI is InChI=1S/C9H8NO/c1-6-7-4-2-3-5-8(7)10-9(6)11/h2-5,10-11H,1H2. The first-order valence-corrected chi connectivity index (χ1v) is 3.40. The molecule has 0 aliphatic carbocycles. The zero-order valence-electron chi connectivity index (χ0n) is 5.96. The highest BCUT2D eigenvalue weighted by atomic mass is 16.3. The van der Waals surface area contributed by atoms with Gasteiger partial charge >= 0.3 is 0 Å². The minimum absolute atomic E-state index is 0.159. The molecule has 0 aliphatic rings. The molecule has 2 N–H and O–H groups in total. The van der Waals surface area contributed by atoms with Crippen LogP contribution in [0.15, 0.2) is 24.3 Å². The van der Waals surface area contributed by atoms with E-state index in [4.69, 9.17) is 0 Å². The Morgan fingerprint density at radius 2 is 2.00 bits per heavy atom. The van der Waals surface area contributed by atoms with E-state index in [9.17, 15) is 5.11 Å². The molecule has 11 heavy (non-hydrogen) atoms. The molecule has 2 nitrogen and oxygen atoms in total. The molecule has 0 unspecified atom stereocenters. The summed E-state index contributed by atoms with van der Waals surface area (Å²) in [5, 5.41) is 10.2. The van der Waals surface area contributed by atoms with Gasteiger partial charge in [-0.25, -0.2) is 0 Å². The second-order valence-electron chi connectivity index (χ2n) is 2.50. The maximum absolute atomic E-state index is 9.23. The Hall–Kier alpha value is -1.44. The maximum Gasteiger partial charge on any atom is 0.192 e. The highest BCUT2D eigenvalue weighted by Crippen LogP contribution is 2.24. The Morgan fingerprint density at radius 1 is 1.27 bits per heavy atom. The van der Waals surface area contributed by atoms with Crippen LogP contribution >= 0.6 is 0 Å². The number of H-pyrrole nitrogens is 1. The van der Waals surface area contributed by atoms with Gasteiger partial charge < -0.3 is 10.1 Å². The van der Waals surface area contributed by atoms with Gasteiger partial charge in [0.1, 0.15) is 0 Å². The predicted molar refractivity (Wildman–Crippen MR) is 44.4 cm³/mol. The molecule has 0 saturated carbocycles. The minimum Gasteiger partial charge on any atom is -0.494 e. The molecule has 2 heteroatoms. The van der Waals surface area contributed by atoms with Crippen LogP contribution in [-0.2, 0) is 0 Å². The lowest BCUT2D eigenvalue weighted by atomic mass is 10.2. The van der Waals surface area contributed by atoms with Gasteiger partial charge in [0.15, 0.2) is 5.88 Å². The van der Waals surface area contributed by atoms with Crippen LogP contribution in [0.25, 0.3) is 10.9 Å². The maximum atomic E-state index is 9.23. The summed E-state index contributed by atoms with van der Waals surface area (Å²) in [6.07, 6.45) is 0. The van der Waals surface area contributed by atoms with Crippen molar-refractivity contribution in [1.82, 2.24) is 4.98 Å². The third kappa shape index (κ3) is 0.792. The Kier molecular flexibility index (Phi) is 1.15. The molecule has 1 aromatic carbocycles. The van der Waals surface area contributed by atoms with Gasteiger partial charge in [-0.15, -0.1) is 0 Å². The normalized spacial score (nSPS) is 10.6. The summed E-state index contributed by atoms with van der Waals surface area (Å²) in [6, 6.07) is 7.67. The van der Waals surface area contributed by atoms with E-state index in [0.717, 1.165) is 10.9 Å². The molecule has 1 heterocycles. The lowest BCUT2D eigenvalue weighted by Gasteiger charge is -1.86. The van der Waals surface area contributed by atoms with Crippen LogP contribution in [0.5, 0.6) is 5.88 Å². The van der Waals surface area contributed by atoms with Crippen molar-refractivity contribution in [2.75, 3.05) is 0 Å². The lowest BCUT2D eigenvalue weighted by Crippen LogP contribution is -1.65. The van der Waals surface area contributed by atoms with Crippen molar-refractivity contribution in [3.8, 4) is 5.88 Å². The third-order valence-corrected chi connectivity index (χ3v) is 1.79. The lowest BCUT2D eigenvalue weighted by molar-refractivity contribution is 0.456. The number of hydrogen-bond acceptors (Lipinski definition) is 1. The molecule has 0 saturated heterocycles. The largest absolute Gasteiger partial charge is 0.494 e. The monoisotopic (exact) mass is 146 g/mol. The van der Waals surface area contributed by atoms with Crippen molar-refractivity contribution in [2.45, 2.75) is 0 Å². The van der Waals surface area contributed by atoms with Gasteiger partial charge in [0.05, 0.1) is 0 Å². The average Bonchev–Trinajstić information content (AvgIpc) is 2.30. The number of benzene rings is 1. The van der Waals surface area contributed by atoms with E-state index >= 15 is 0 Å². The number of fused-ring (bicyclic) bond motifs is 1. The summed E-state index contributed by atoms with van der Waals surface area (Å²) >= 11 is 0. The van der Waals surface area contributed by atoms with E-state index in [-0.39, 0.29) is 5.88 Å². The second-order valence-corrected chi connectivity index (χ2v) is 2.50. The first-order valence-electron chi connectivity index (χ1n) is 3.40. The van der Waals surface area contributed by atoms with Crippen molar-refractivity contribution in [3.63, 3.8) is 0 Å². The number of hydrogen-bond donors (Lipinski definition) is 2. The molecule has 1 radical (unpaired) electrons. The van der Waals surface area contributed by atoms with Gasteiger partial charge in [-0.1, -0.05) is 18.2 Å².